The first kappa shape index (κ1) is 21.3. The van der Waals surface area contributed by atoms with Crippen molar-refractivity contribution in [2.45, 2.75) is 27.7 Å². The molecule has 0 amide bonds. The Hall–Kier alpha value is -1.96. The number of rotatable bonds is 4. The fraction of sp³-hybridized carbons (Fsp3) is 0.143. The van der Waals surface area contributed by atoms with Crippen LogP contribution in [0, 0.1) is 27.7 Å². The quantitative estimate of drug-likeness (QED) is 0.214. The van der Waals surface area contributed by atoms with Crippen LogP contribution in [0.25, 0.3) is 0 Å². The van der Waals surface area contributed by atoms with Gasteiger partial charge in [0.1, 0.15) is 0 Å². The van der Waals surface area contributed by atoms with Crippen LogP contribution in [0.3, 0.4) is 0 Å². The van der Waals surface area contributed by atoms with Gasteiger partial charge in [-0.15, -0.1) is 0 Å². The molecule has 0 aromatic heterocycles. The molecule has 152 valence electrons. The third-order valence-electron chi connectivity index (χ3n) is 6.08. The van der Waals surface area contributed by atoms with Crippen molar-refractivity contribution >= 4 is 47.5 Å². The summed E-state index contributed by atoms with van der Waals surface area (Å²) in [7, 11) is 0. The second kappa shape index (κ2) is 7.94. The topological polar surface area (TPSA) is 0 Å². The monoisotopic (exact) mass is 522 g/mol. The minimum absolute atomic E-state index is 1.29. The molecular weight excluding hydrogens is 494 g/mol. The first-order chi connectivity index (χ1) is 14.3. The zero-order valence-electron chi connectivity index (χ0n) is 18.1. The fourth-order valence-corrected chi connectivity index (χ4v) is 12.7. The van der Waals surface area contributed by atoms with Crippen molar-refractivity contribution in [1.82, 2.24) is 0 Å². The maximum atomic E-state index is 2.85. The Bertz CT molecular complexity index is 962. The van der Waals surface area contributed by atoms with Crippen LogP contribution >= 0.6 is 26.3 Å². The van der Waals surface area contributed by atoms with Gasteiger partial charge in [0.25, 0.3) is 0 Å². The molecule has 0 nitrogen and oxygen atoms in total. The summed E-state index contributed by atoms with van der Waals surface area (Å²) in [5.74, 6) is 0. The molecular formula is C28H28IP. The van der Waals surface area contributed by atoms with E-state index < -0.39 is 4.25 Å². The number of hydrogen-bond acceptors (Lipinski definition) is 0. The van der Waals surface area contributed by atoms with Crippen LogP contribution in [-0.2, 0) is 0 Å². The minimum atomic E-state index is -2.94. The van der Waals surface area contributed by atoms with E-state index >= 15 is 0 Å². The van der Waals surface area contributed by atoms with E-state index in [0.29, 0.717) is 0 Å². The van der Waals surface area contributed by atoms with Crippen LogP contribution in [-0.4, -0.2) is 0 Å². The van der Waals surface area contributed by atoms with Crippen LogP contribution in [0.2, 0.25) is 0 Å². The van der Waals surface area contributed by atoms with Crippen molar-refractivity contribution in [3.63, 3.8) is 0 Å². The summed E-state index contributed by atoms with van der Waals surface area (Å²) in [6.45, 7) is 8.65. The molecule has 4 aromatic rings. The van der Waals surface area contributed by atoms with Crippen LogP contribution in [0.15, 0.2) is 97.1 Å². The molecule has 0 radical (unpaired) electrons. The van der Waals surface area contributed by atoms with E-state index in [9.17, 15) is 0 Å². The van der Waals surface area contributed by atoms with Crippen LogP contribution in [0.4, 0.5) is 0 Å². The average molecular weight is 522 g/mol. The van der Waals surface area contributed by atoms with Crippen molar-refractivity contribution in [1.29, 1.82) is 0 Å². The number of halogens is 1. The van der Waals surface area contributed by atoms with Gasteiger partial charge in [0.2, 0.25) is 0 Å². The Morgan fingerprint density at radius 3 is 0.700 bits per heavy atom. The SMILES string of the molecule is Cc1ccc(P(I)(c2ccc(C)cc2)(c2ccc(C)cc2)c2ccc(C)cc2)cc1. The van der Waals surface area contributed by atoms with Crippen LogP contribution in [0.1, 0.15) is 22.3 Å². The van der Waals surface area contributed by atoms with Crippen molar-refractivity contribution < 1.29 is 0 Å². The molecule has 0 aliphatic heterocycles. The van der Waals surface area contributed by atoms with Gasteiger partial charge < -0.3 is 0 Å². The van der Waals surface area contributed by atoms with Crippen molar-refractivity contribution in [3.8, 4) is 0 Å². The van der Waals surface area contributed by atoms with Gasteiger partial charge in [-0.1, -0.05) is 0 Å². The van der Waals surface area contributed by atoms with E-state index in [-0.39, 0.29) is 0 Å². The first-order valence-corrected chi connectivity index (χ1v) is 15.4. The van der Waals surface area contributed by atoms with Crippen LogP contribution in [0.5, 0.6) is 0 Å². The Balaban J connectivity index is 2.20. The first-order valence-electron chi connectivity index (χ1n) is 10.3. The summed E-state index contributed by atoms with van der Waals surface area (Å²) in [6, 6.07) is 36.8. The number of hydrogen-bond donors (Lipinski definition) is 0. The summed E-state index contributed by atoms with van der Waals surface area (Å²) in [5, 5.41) is 5.57. The molecule has 30 heavy (non-hydrogen) atoms. The molecule has 0 N–H and O–H groups in total. The summed E-state index contributed by atoms with van der Waals surface area (Å²) >= 11 is 2.85. The molecule has 4 rings (SSSR count). The van der Waals surface area contributed by atoms with Gasteiger partial charge in [0.15, 0.2) is 0 Å². The Labute approximate surface area is 193 Å². The summed E-state index contributed by atoms with van der Waals surface area (Å²) in [5.41, 5.74) is 5.16. The normalized spacial score (nSPS) is 12.9. The van der Waals surface area contributed by atoms with E-state index in [1.54, 1.807) is 0 Å². The van der Waals surface area contributed by atoms with Crippen molar-refractivity contribution in [2.24, 2.45) is 0 Å². The number of benzene rings is 4. The molecule has 0 aliphatic carbocycles. The van der Waals surface area contributed by atoms with E-state index in [4.69, 9.17) is 0 Å². The van der Waals surface area contributed by atoms with Gasteiger partial charge in [-0.3, -0.25) is 0 Å². The molecule has 0 bridgehead atoms. The predicted molar refractivity (Wildman–Crippen MR) is 144 cm³/mol. The van der Waals surface area contributed by atoms with Crippen molar-refractivity contribution in [2.75, 3.05) is 0 Å². The summed E-state index contributed by atoms with van der Waals surface area (Å²) < 4.78 is -2.94. The van der Waals surface area contributed by atoms with E-state index in [1.807, 2.05) is 0 Å². The standard InChI is InChI=1S/C28H28IP/c1-21-5-13-25(14-6-21)30(29,26-15-7-22(2)8-16-26,27-17-9-23(3)10-18-27)28-19-11-24(4)12-20-28/h5-20H,1-4H3. The molecule has 0 aliphatic rings. The third kappa shape index (κ3) is 3.33. The van der Waals surface area contributed by atoms with Crippen molar-refractivity contribution in [3.05, 3.63) is 119 Å². The third-order valence-corrected chi connectivity index (χ3v) is 17.8. The summed E-state index contributed by atoms with van der Waals surface area (Å²) in [4.78, 5) is 0. The maximum absolute atomic E-state index is 2.94. The van der Waals surface area contributed by atoms with Gasteiger partial charge >= 0.3 is 195 Å². The molecule has 0 saturated carbocycles. The molecule has 0 unspecified atom stereocenters. The van der Waals surface area contributed by atoms with Gasteiger partial charge in [0, 0.05) is 0 Å². The zero-order chi connectivity index (χ0) is 21.4. The fourth-order valence-electron chi connectivity index (χ4n) is 4.19. The molecule has 0 heterocycles. The van der Waals surface area contributed by atoms with E-state index in [2.05, 4.69) is 147 Å². The molecule has 2 heteroatoms. The molecule has 0 saturated heterocycles. The molecule has 0 atom stereocenters. The summed E-state index contributed by atoms with van der Waals surface area (Å²) in [6.07, 6.45) is 0. The second-order valence-corrected chi connectivity index (χ2v) is 18.2. The van der Waals surface area contributed by atoms with Gasteiger partial charge in [0.05, 0.1) is 0 Å². The van der Waals surface area contributed by atoms with Gasteiger partial charge in [-0.25, -0.2) is 0 Å². The molecule has 0 spiro atoms. The van der Waals surface area contributed by atoms with Crippen LogP contribution < -0.4 is 21.2 Å². The number of aryl methyl sites for hydroxylation is 4. The molecule has 0 fully saturated rings. The molecule has 4 aromatic carbocycles. The Morgan fingerprint density at radius 2 is 0.533 bits per heavy atom. The van der Waals surface area contributed by atoms with Gasteiger partial charge in [-0.2, -0.15) is 0 Å². The van der Waals surface area contributed by atoms with E-state index in [1.165, 1.54) is 43.5 Å². The second-order valence-electron chi connectivity index (χ2n) is 8.35. The average Bonchev–Trinajstić information content (AvgIpc) is 2.75. The van der Waals surface area contributed by atoms with Gasteiger partial charge in [-0.05, 0) is 0 Å². The predicted octanol–water partition coefficient (Wildman–Crippen LogP) is 6.43. The Kier molecular flexibility index (Phi) is 5.64. The van der Waals surface area contributed by atoms with E-state index in [0.717, 1.165) is 0 Å². The Morgan fingerprint density at radius 1 is 0.367 bits per heavy atom. The zero-order valence-corrected chi connectivity index (χ0v) is 21.1.